The van der Waals surface area contributed by atoms with E-state index in [0.29, 0.717) is 10.8 Å². The highest BCUT2D eigenvalue weighted by atomic mass is 32.2. The highest BCUT2D eigenvalue weighted by Gasteiger charge is 2.28. The number of sulfonamides is 1. The Hall–Kier alpha value is -1.93. The first kappa shape index (κ1) is 18.1. The van der Waals surface area contributed by atoms with Gasteiger partial charge in [-0.15, -0.1) is 0 Å². The summed E-state index contributed by atoms with van der Waals surface area (Å²) in [5.41, 5.74) is 0. The lowest BCUT2D eigenvalue weighted by Crippen LogP contribution is -2.43. The third kappa shape index (κ3) is 5.45. The summed E-state index contributed by atoms with van der Waals surface area (Å²) in [6, 6.07) is 7.44. The van der Waals surface area contributed by atoms with Crippen LogP contribution in [0.2, 0.25) is 0 Å². The lowest BCUT2D eigenvalue weighted by molar-refractivity contribution is -0.137. The Morgan fingerprint density at radius 3 is 2.36 bits per heavy atom. The van der Waals surface area contributed by atoms with Crippen LogP contribution in [0.3, 0.4) is 0 Å². The molecule has 7 nitrogen and oxygen atoms in total. The second kappa shape index (κ2) is 8.50. The normalized spacial score (nSPS) is 11.4. The third-order valence-electron chi connectivity index (χ3n) is 2.87. The summed E-state index contributed by atoms with van der Waals surface area (Å²) < 4.78 is 25.5. The molecule has 22 heavy (non-hydrogen) atoms. The van der Waals surface area contributed by atoms with E-state index in [2.05, 4.69) is 5.32 Å². The molecule has 0 heterocycles. The second-order valence-electron chi connectivity index (χ2n) is 4.68. The summed E-state index contributed by atoms with van der Waals surface area (Å²) in [5.74, 6) is -1.84. The van der Waals surface area contributed by atoms with Gasteiger partial charge < -0.3 is 10.4 Å². The minimum absolute atomic E-state index is 0.0439. The van der Waals surface area contributed by atoms with Crippen molar-refractivity contribution < 1.29 is 23.1 Å². The molecule has 0 saturated carbocycles. The van der Waals surface area contributed by atoms with Crippen molar-refractivity contribution in [3.8, 4) is 0 Å². The van der Waals surface area contributed by atoms with Gasteiger partial charge >= 0.3 is 5.97 Å². The molecule has 8 heteroatoms. The van der Waals surface area contributed by atoms with Crippen LogP contribution < -0.4 is 5.32 Å². The minimum atomic E-state index is -4.03. The zero-order chi connectivity index (χ0) is 16.6. The van der Waals surface area contributed by atoms with Gasteiger partial charge in [-0.05, 0) is 18.6 Å². The van der Waals surface area contributed by atoms with Crippen molar-refractivity contribution in [1.82, 2.24) is 9.62 Å². The molecule has 2 N–H and O–H groups in total. The molecule has 0 fully saturated rings. The van der Waals surface area contributed by atoms with Gasteiger partial charge in [-0.1, -0.05) is 31.5 Å². The van der Waals surface area contributed by atoms with Gasteiger partial charge in [-0.25, -0.2) is 8.42 Å². The summed E-state index contributed by atoms with van der Waals surface area (Å²) >= 11 is 0. The van der Waals surface area contributed by atoms with Crippen LogP contribution in [0.15, 0.2) is 35.2 Å². The Bertz CT molecular complexity index is 601. The monoisotopic (exact) mass is 328 g/mol. The fourth-order valence-electron chi connectivity index (χ4n) is 1.74. The molecule has 0 aliphatic rings. The van der Waals surface area contributed by atoms with Crippen LogP contribution in [0.25, 0.3) is 0 Å². The van der Waals surface area contributed by atoms with E-state index in [1.54, 1.807) is 6.07 Å². The summed E-state index contributed by atoms with van der Waals surface area (Å²) in [6.45, 7) is 1.11. The van der Waals surface area contributed by atoms with Crippen LogP contribution in [0.5, 0.6) is 0 Å². The van der Waals surface area contributed by atoms with Crippen molar-refractivity contribution in [2.75, 3.05) is 19.6 Å². The molecule has 0 aromatic heterocycles. The highest BCUT2D eigenvalue weighted by Crippen LogP contribution is 2.14. The average molecular weight is 328 g/mol. The largest absolute Gasteiger partial charge is 0.480 e. The first-order chi connectivity index (χ1) is 10.4. The summed E-state index contributed by atoms with van der Waals surface area (Å²) in [7, 11) is -4.03. The number of nitrogens with one attached hydrogen (secondary N) is 1. The Morgan fingerprint density at radius 2 is 1.82 bits per heavy atom. The zero-order valence-electron chi connectivity index (χ0n) is 12.4. The quantitative estimate of drug-likeness (QED) is 0.649. The van der Waals surface area contributed by atoms with Crippen molar-refractivity contribution in [3.63, 3.8) is 0 Å². The molecular weight excluding hydrogens is 308 g/mol. The van der Waals surface area contributed by atoms with Crippen molar-refractivity contribution in [2.45, 2.75) is 24.7 Å². The smallest absolute Gasteiger partial charge is 0.318 e. The Morgan fingerprint density at radius 1 is 1.18 bits per heavy atom. The first-order valence-electron chi connectivity index (χ1n) is 6.91. The summed E-state index contributed by atoms with van der Waals surface area (Å²) in [5, 5.41) is 11.5. The van der Waals surface area contributed by atoms with Gasteiger partial charge in [0.05, 0.1) is 11.4 Å². The van der Waals surface area contributed by atoms with Crippen molar-refractivity contribution in [1.29, 1.82) is 0 Å². The van der Waals surface area contributed by atoms with Crippen molar-refractivity contribution >= 4 is 21.9 Å². The highest BCUT2D eigenvalue weighted by molar-refractivity contribution is 7.89. The summed E-state index contributed by atoms with van der Waals surface area (Å²) in [6.07, 6.45) is 1.66. The predicted molar refractivity (Wildman–Crippen MR) is 80.8 cm³/mol. The molecular formula is C14H20N2O5S. The molecule has 0 radical (unpaired) electrons. The van der Waals surface area contributed by atoms with E-state index in [-0.39, 0.29) is 4.90 Å². The van der Waals surface area contributed by atoms with E-state index in [9.17, 15) is 18.0 Å². The van der Waals surface area contributed by atoms with Crippen LogP contribution >= 0.6 is 0 Å². The third-order valence-corrected chi connectivity index (χ3v) is 4.67. The zero-order valence-corrected chi connectivity index (χ0v) is 13.2. The van der Waals surface area contributed by atoms with Crippen LogP contribution in [-0.2, 0) is 19.6 Å². The van der Waals surface area contributed by atoms with Crippen LogP contribution in [-0.4, -0.2) is 49.3 Å². The molecule has 1 rings (SSSR count). The number of rotatable bonds is 9. The topological polar surface area (TPSA) is 104 Å². The molecule has 0 bridgehead atoms. The van der Waals surface area contributed by atoms with Crippen LogP contribution in [0, 0.1) is 0 Å². The molecule has 0 atom stereocenters. The molecule has 0 unspecified atom stereocenters. The van der Waals surface area contributed by atoms with E-state index < -0.39 is 35.0 Å². The Balaban J connectivity index is 2.88. The number of unbranched alkanes of at least 4 members (excludes halogenated alkanes) is 1. The number of carboxylic acid groups (broad SMARTS) is 1. The van der Waals surface area contributed by atoms with Crippen LogP contribution in [0.1, 0.15) is 19.8 Å². The van der Waals surface area contributed by atoms with E-state index in [1.807, 2.05) is 6.92 Å². The number of carbonyl (C=O) groups is 2. The van der Waals surface area contributed by atoms with Gasteiger partial charge in [-0.2, -0.15) is 4.31 Å². The van der Waals surface area contributed by atoms with E-state index >= 15 is 0 Å². The Labute approximate surface area is 130 Å². The molecule has 0 aliphatic carbocycles. The fraction of sp³-hybridized carbons (Fsp3) is 0.429. The maximum atomic E-state index is 12.4. The SMILES string of the molecule is CCCCNC(=O)CN(CC(=O)O)S(=O)(=O)c1ccccc1. The average Bonchev–Trinajstić information content (AvgIpc) is 2.47. The van der Waals surface area contributed by atoms with Gasteiger partial charge in [0, 0.05) is 6.54 Å². The number of hydrogen-bond acceptors (Lipinski definition) is 4. The van der Waals surface area contributed by atoms with E-state index in [0.717, 1.165) is 12.8 Å². The second-order valence-corrected chi connectivity index (χ2v) is 6.62. The van der Waals surface area contributed by atoms with Gasteiger partial charge in [-0.3, -0.25) is 9.59 Å². The molecule has 0 spiro atoms. The van der Waals surface area contributed by atoms with Gasteiger partial charge in [0.2, 0.25) is 15.9 Å². The summed E-state index contributed by atoms with van der Waals surface area (Å²) in [4.78, 5) is 22.6. The number of nitrogens with zero attached hydrogens (tertiary/aromatic N) is 1. The molecule has 122 valence electrons. The lowest BCUT2D eigenvalue weighted by Gasteiger charge is -2.19. The maximum Gasteiger partial charge on any atom is 0.318 e. The standard InChI is InChI=1S/C14H20N2O5S/c1-2-3-9-15-13(17)10-16(11-14(18)19)22(20,21)12-7-5-4-6-8-12/h4-8H,2-3,9-11H2,1H3,(H,15,17)(H,18,19). The minimum Gasteiger partial charge on any atom is -0.480 e. The molecule has 1 aromatic carbocycles. The maximum absolute atomic E-state index is 12.4. The number of aliphatic carboxylic acids is 1. The molecule has 1 aromatic rings. The van der Waals surface area contributed by atoms with Gasteiger partial charge in [0.1, 0.15) is 6.54 Å². The number of carbonyl (C=O) groups excluding carboxylic acids is 1. The first-order valence-corrected chi connectivity index (χ1v) is 8.35. The van der Waals surface area contributed by atoms with E-state index in [4.69, 9.17) is 5.11 Å². The number of hydrogen-bond donors (Lipinski definition) is 2. The predicted octanol–water partition coefficient (Wildman–Crippen LogP) is 0.678. The lowest BCUT2D eigenvalue weighted by atomic mass is 10.3. The van der Waals surface area contributed by atoms with Gasteiger partial charge in [0.25, 0.3) is 0 Å². The van der Waals surface area contributed by atoms with Gasteiger partial charge in [0.15, 0.2) is 0 Å². The van der Waals surface area contributed by atoms with Crippen molar-refractivity contribution in [2.24, 2.45) is 0 Å². The molecule has 0 saturated heterocycles. The number of benzene rings is 1. The molecule has 1 amide bonds. The Kier molecular flexibility index (Phi) is 7.00. The number of carboxylic acids is 1. The van der Waals surface area contributed by atoms with Crippen LogP contribution in [0.4, 0.5) is 0 Å². The number of amides is 1. The fourth-order valence-corrected chi connectivity index (χ4v) is 3.11. The van der Waals surface area contributed by atoms with Crippen molar-refractivity contribution in [3.05, 3.63) is 30.3 Å². The van der Waals surface area contributed by atoms with E-state index in [1.165, 1.54) is 24.3 Å². The molecule has 0 aliphatic heterocycles.